The first kappa shape index (κ1) is 18.5. The second kappa shape index (κ2) is 8.34. The topological polar surface area (TPSA) is 93.0 Å². The highest BCUT2D eigenvalue weighted by Crippen LogP contribution is 2.21. The largest absolute Gasteiger partial charge is 0.375 e. The van der Waals surface area contributed by atoms with Crippen LogP contribution in [0, 0.1) is 15.9 Å². The average molecular weight is 351 g/mol. The molecule has 0 unspecified atom stereocenters. The normalized spacial score (nSPS) is 14.8. The standard InChI is InChI=1S/C16H18FN3O5/c1-25-11-16(22)19-8-6-18(7-9-19)15(21)5-3-12-2-4-13(17)10-14(12)20(23)24/h2-5,10H,6-9,11H2,1H3. The first-order valence-corrected chi connectivity index (χ1v) is 7.60. The number of rotatable bonds is 5. The minimum atomic E-state index is -0.716. The lowest BCUT2D eigenvalue weighted by atomic mass is 10.1. The summed E-state index contributed by atoms with van der Waals surface area (Å²) in [5, 5.41) is 10.9. The van der Waals surface area contributed by atoms with E-state index in [0.717, 1.165) is 12.1 Å². The Labute approximate surface area is 143 Å². The lowest BCUT2D eigenvalue weighted by Gasteiger charge is -2.34. The predicted octanol–water partition coefficient (Wildman–Crippen LogP) is 1.06. The lowest BCUT2D eigenvalue weighted by molar-refractivity contribution is -0.385. The van der Waals surface area contributed by atoms with E-state index in [-0.39, 0.29) is 24.0 Å². The van der Waals surface area contributed by atoms with Crippen molar-refractivity contribution in [1.82, 2.24) is 9.80 Å². The molecule has 1 heterocycles. The van der Waals surface area contributed by atoms with Crippen LogP contribution in [0.5, 0.6) is 0 Å². The number of nitro benzene ring substituents is 1. The second-order valence-electron chi connectivity index (χ2n) is 5.43. The third-order valence-corrected chi connectivity index (χ3v) is 3.81. The summed E-state index contributed by atoms with van der Waals surface area (Å²) < 4.78 is 17.9. The van der Waals surface area contributed by atoms with Gasteiger partial charge >= 0.3 is 0 Å². The number of benzene rings is 1. The Balaban J connectivity index is 1.98. The van der Waals surface area contributed by atoms with E-state index in [2.05, 4.69) is 0 Å². The maximum absolute atomic E-state index is 13.1. The smallest absolute Gasteiger partial charge is 0.279 e. The molecule has 0 radical (unpaired) electrons. The molecule has 0 aromatic heterocycles. The van der Waals surface area contributed by atoms with Crippen LogP contribution < -0.4 is 0 Å². The molecule has 1 aromatic rings. The number of nitro groups is 1. The number of piperazine rings is 1. The van der Waals surface area contributed by atoms with Gasteiger partial charge in [0.05, 0.1) is 16.6 Å². The maximum Gasteiger partial charge on any atom is 0.279 e. The van der Waals surface area contributed by atoms with Crippen molar-refractivity contribution in [1.29, 1.82) is 0 Å². The van der Waals surface area contributed by atoms with Crippen molar-refractivity contribution in [2.75, 3.05) is 39.9 Å². The summed E-state index contributed by atoms with van der Waals surface area (Å²) >= 11 is 0. The summed E-state index contributed by atoms with van der Waals surface area (Å²) in [5.41, 5.74) is -0.257. The number of hydrogen-bond donors (Lipinski definition) is 0. The predicted molar refractivity (Wildman–Crippen MR) is 87.1 cm³/mol. The van der Waals surface area contributed by atoms with E-state index in [9.17, 15) is 24.1 Å². The molecule has 2 amide bonds. The van der Waals surface area contributed by atoms with Crippen LogP contribution in [0.25, 0.3) is 6.08 Å². The first-order chi connectivity index (χ1) is 11.9. The quantitative estimate of drug-likeness (QED) is 0.449. The van der Waals surface area contributed by atoms with Crippen LogP contribution in [0.2, 0.25) is 0 Å². The molecule has 0 atom stereocenters. The molecule has 1 saturated heterocycles. The molecule has 0 saturated carbocycles. The number of hydrogen-bond acceptors (Lipinski definition) is 5. The van der Waals surface area contributed by atoms with E-state index in [1.807, 2.05) is 0 Å². The van der Waals surface area contributed by atoms with E-state index >= 15 is 0 Å². The molecule has 8 nitrogen and oxygen atoms in total. The Bertz CT molecular complexity index is 699. The third kappa shape index (κ3) is 4.83. The van der Waals surface area contributed by atoms with Gasteiger partial charge in [0.2, 0.25) is 11.8 Å². The van der Waals surface area contributed by atoms with Crippen molar-refractivity contribution in [3.05, 3.63) is 45.8 Å². The van der Waals surface area contributed by atoms with Gasteiger partial charge in [-0.3, -0.25) is 19.7 Å². The van der Waals surface area contributed by atoms with Crippen molar-refractivity contribution in [2.45, 2.75) is 0 Å². The zero-order chi connectivity index (χ0) is 18.4. The van der Waals surface area contributed by atoms with Crippen molar-refractivity contribution in [3.63, 3.8) is 0 Å². The molecule has 9 heteroatoms. The summed E-state index contributed by atoms with van der Waals surface area (Å²) in [4.78, 5) is 37.3. The molecular weight excluding hydrogens is 333 g/mol. The Kier molecular flexibility index (Phi) is 6.18. The molecule has 2 rings (SSSR count). The number of methoxy groups -OCH3 is 1. The fourth-order valence-corrected chi connectivity index (χ4v) is 2.47. The van der Waals surface area contributed by atoms with E-state index in [0.29, 0.717) is 26.2 Å². The van der Waals surface area contributed by atoms with Crippen molar-refractivity contribution < 1.29 is 23.6 Å². The Hall–Kier alpha value is -2.81. The molecule has 1 fully saturated rings. The Morgan fingerprint density at radius 3 is 2.52 bits per heavy atom. The van der Waals surface area contributed by atoms with Gasteiger partial charge in [0.15, 0.2) is 0 Å². The lowest BCUT2D eigenvalue weighted by Crippen LogP contribution is -2.51. The zero-order valence-corrected chi connectivity index (χ0v) is 13.7. The van der Waals surface area contributed by atoms with Gasteiger partial charge in [-0.2, -0.15) is 0 Å². The van der Waals surface area contributed by atoms with Crippen LogP contribution in [0.3, 0.4) is 0 Å². The van der Waals surface area contributed by atoms with E-state index in [1.165, 1.54) is 25.3 Å². The summed E-state index contributed by atoms with van der Waals surface area (Å²) in [6.45, 7) is 1.54. The molecule has 0 bridgehead atoms. The highest BCUT2D eigenvalue weighted by molar-refractivity contribution is 5.92. The summed E-state index contributed by atoms with van der Waals surface area (Å²) in [5.74, 6) is -1.17. The maximum atomic E-state index is 13.1. The fraction of sp³-hybridized carbons (Fsp3) is 0.375. The van der Waals surface area contributed by atoms with Crippen LogP contribution in [0.15, 0.2) is 24.3 Å². The third-order valence-electron chi connectivity index (χ3n) is 3.81. The highest BCUT2D eigenvalue weighted by Gasteiger charge is 2.23. The van der Waals surface area contributed by atoms with Crippen molar-refractivity contribution in [2.24, 2.45) is 0 Å². The molecule has 0 N–H and O–H groups in total. The van der Waals surface area contributed by atoms with Gasteiger partial charge in [-0.15, -0.1) is 0 Å². The fourth-order valence-electron chi connectivity index (χ4n) is 2.47. The minimum Gasteiger partial charge on any atom is -0.375 e. The van der Waals surface area contributed by atoms with Gasteiger partial charge in [-0.1, -0.05) is 0 Å². The molecule has 25 heavy (non-hydrogen) atoms. The number of halogens is 1. The number of amides is 2. The van der Waals surface area contributed by atoms with Crippen LogP contribution in [-0.4, -0.2) is 66.4 Å². The molecule has 1 aliphatic heterocycles. The Morgan fingerprint density at radius 1 is 1.28 bits per heavy atom. The SMILES string of the molecule is COCC(=O)N1CCN(C(=O)C=Cc2ccc(F)cc2[N+](=O)[O-])CC1. The highest BCUT2D eigenvalue weighted by atomic mass is 19.1. The Morgan fingerprint density at radius 2 is 1.92 bits per heavy atom. The van der Waals surface area contributed by atoms with E-state index < -0.39 is 16.4 Å². The van der Waals surface area contributed by atoms with Crippen LogP contribution in [0.4, 0.5) is 10.1 Å². The van der Waals surface area contributed by atoms with Gasteiger partial charge in [-0.25, -0.2) is 4.39 Å². The molecule has 1 aromatic carbocycles. The zero-order valence-electron chi connectivity index (χ0n) is 13.7. The summed E-state index contributed by atoms with van der Waals surface area (Å²) in [7, 11) is 1.44. The van der Waals surface area contributed by atoms with Gasteiger partial charge < -0.3 is 14.5 Å². The number of ether oxygens (including phenoxy) is 1. The van der Waals surface area contributed by atoms with E-state index in [4.69, 9.17) is 4.74 Å². The summed E-state index contributed by atoms with van der Waals surface area (Å²) in [6, 6.07) is 3.15. The van der Waals surface area contributed by atoms with Gasteiger partial charge in [0.1, 0.15) is 12.4 Å². The molecule has 0 aliphatic carbocycles. The van der Waals surface area contributed by atoms with Crippen molar-refractivity contribution >= 4 is 23.6 Å². The number of nitrogens with zero attached hydrogens (tertiary/aromatic N) is 3. The van der Waals surface area contributed by atoms with Crippen LogP contribution >= 0.6 is 0 Å². The molecule has 134 valence electrons. The van der Waals surface area contributed by atoms with Crippen LogP contribution in [0.1, 0.15) is 5.56 Å². The molecular formula is C16H18FN3O5. The van der Waals surface area contributed by atoms with E-state index in [1.54, 1.807) is 9.80 Å². The summed E-state index contributed by atoms with van der Waals surface area (Å²) in [6.07, 6.45) is 2.51. The average Bonchev–Trinajstić information content (AvgIpc) is 2.60. The second-order valence-corrected chi connectivity index (χ2v) is 5.43. The van der Waals surface area contributed by atoms with Gasteiger partial charge in [-0.05, 0) is 18.2 Å². The van der Waals surface area contributed by atoms with Gasteiger partial charge in [0.25, 0.3) is 5.69 Å². The monoisotopic (exact) mass is 351 g/mol. The first-order valence-electron chi connectivity index (χ1n) is 7.60. The van der Waals surface area contributed by atoms with Crippen LogP contribution in [-0.2, 0) is 14.3 Å². The minimum absolute atomic E-state index is 0.00207. The molecule has 0 spiro atoms. The molecule has 1 aliphatic rings. The number of carbonyl (C=O) groups excluding carboxylic acids is 2. The van der Waals surface area contributed by atoms with Crippen molar-refractivity contribution in [3.8, 4) is 0 Å². The van der Waals surface area contributed by atoms with Gasteiger partial charge in [0, 0.05) is 39.4 Å². The number of carbonyl (C=O) groups is 2.